The normalized spacial score (nSPS) is 18.6. The molecule has 2 rings (SSSR count). The smallest absolute Gasteiger partial charge is 0.238 e. The molecule has 1 aliphatic rings. The largest absolute Gasteiger partial charge is 0.494 e. The number of hydrogen-bond donors (Lipinski definition) is 1. The zero-order chi connectivity index (χ0) is 14.4. The van der Waals surface area contributed by atoms with Crippen LogP contribution >= 0.6 is 0 Å². The molecule has 1 aromatic rings. The van der Waals surface area contributed by atoms with E-state index in [0.29, 0.717) is 13.2 Å². The molecule has 20 heavy (non-hydrogen) atoms. The van der Waals surface area contributed by atoms with Crippen LogP contribution in [0.4, 0.5) is 0 Å². The highest BCUT2D eigenvalue weighted by Crippen LogP contribution is 2.24. The van der Waals surface area contributed by atoms with Crippen LogP contribution in [0.15, 0.2) is 24.3 Å². The number of ether oxygens (including phenoxy) is 1. The minimum Gasteiger partial charge on any atom is -0.494 e. The van der Waals surface area contributed by atoms with Crippen molar-refractivity contribution in [2.75, 3.05) is 19.7 Å². The molecule has 1 heterocycles. The first-order valence-electron chi connectivity index (χ1n) is 7.51. The molecule has 0 radical (unpaired) electrons. The fourth-order valence-corrected chi connectivity index (χ4v) is 2.54. The van der Waals surface area contributed by atoms with E-state index in [9.17, 15) is 4.79 Å². The van der Waals surface area contributed by atoms with E-state index in [-0.39, 0.29) is 12.1 Å². The van der Waals surface area contributed by atoms with E-state index in [0.717, 1.165) is 24.3 Å². The summed E-state index contributed by atoms with van der Waals surface area (Å²) in [6, 6.07) is 8.00. The maximum Gasteiger partial charge on any atom is 0.238 e. The molecule has 1 aromatic carbocycles. The third-order valence-electron chi connectivity index (χ3n) is 3.59. The Bertz CT molecular complexity index is 431. The highest BCUT2D eigenvalue weighted by atomic mass is 16.5. The first-order valence-corrected chi connectivity index (χ1v) is 7.51. The van der Waals surface area contributed by atoms with Gasteiger partial charge >= 0.3 is 0 Å². The van der Waals surface area contributed by atoms with Crippen molar-refractivity contribution >= 4 is 5.91 Å². The summed E-state index contributed by atoms with van der Waals surface area (Å²) in [6.07, 6.45) is 3.41. The highest BCUT2D eigenvalue weighted by molar-refractivity contribution is 5.80. The Morgan fingerprint density at radius 1 is 1.25 bits per heavy atom. The highest BCUT2D eigenvalue weighted by Gasteiger charge is 2.30. The van der Waals surface area contributed by atoms with Gasteiger partial charge < -0.3 is 9.64 Å². The summed E-state index contributed by atoms with van der Waals surface area (Å²) in [5, 5.41) is 3.29. The monoisotopic (exact) mass is 276 g/mol. The van der Waals surface area contributed by atoms with Crippen LogP contribution in [0.3, 0.4) is 0 Å². The number of benzene rings is 1. The minimum atomic E-state index is 0.00929. The van der Waals surface area contributed by atoms with Gasteiger partial charge in [0.05, 0.1) is 13.2 Å². The average Bonchev–Trinajstić information content (AvgIpc) is 2.82. The predicted octanol–water partition coefficient (Wildman–Crippen LogP) is 2.71. The number of unbranched alkanes of at least 4 members (excludes halogenated alkanes) is 2. The van der Waals surface area contributed by atoms with Crippen LogP contribution in [0.2, 0.25) is 0 Å². The van der Waals surface area contributed by atoms with Crippen molar-refractivity contribution in [2.24, 2.45) is 0 Å². The second-order valence-corrected chi connectivity index (χ2v) is 5.08. The third kappa shape index (κ3) is 3.51. The number of carbonyl (C=O) groups is 1. The van der Waals surface area contributed by atoms with Gasteiger partial charge in [-0.3, -0.25) is 10.1 Å². The zero-order valence-corrected chi connectivity index (χ0v) is 12.4. The first kappa shape index (κ1) is 14.9. The van der Waals surface area contributed by atoms with Gasteiger partial charge in [-0.15, -0.1) is 0 Å². The molecule has 1 amide bonds. The Morgan fingerprint density at radius 3 is 2.65 bits per heavy atom. The molecule has 0 spiro atoms. The second-order valence-electron chi connectivity index (χ2n) is 5.08. The molecule has 1 atom stereocenters. The lowest BCUT2D eigenvalue weighted by atomic mass is 10.1. The molecule has 1 N–H and O–H groups in total. The molecule has 110 valence electrons. The van der Waals surface area contributed by atoms with Crippen LogP contribution in [0.1, 0.15) is 44.8 Å². The molecule has 1 saturated heterocycles. The van der Waals surface area contributed by atoms with Gasteiger partial charge in [0.2, 0.25) is 5.91 Å². The van der Waals surface area contributed by atoms with Crippen molar-refractivity contribution in [3.05, 3.63) is 29.8 Å². The Morgan fingerprint density at radius 2 is 2.00 bits per heavy atom. The standard InChI is InChI=1S/C16H24N2O2/c1-3-5-6-11-18-15(19)12-17-16(18)13-7-9-14(10-8-13)20-4-2/h7-10,16-17H,3-6,11-12H2,1-2H3. The van der Waals surface area contributed by atoms with Crippen molar-refractivity contribution in [1.29, 1.82) is 0 Å². The Hall–Kier alpha value is -1.55. The quantitative estimate of drug-likeness (QED) is 0.779. The summed E-state index contributed by atoms with van der Waals surface area (Å²) in [7, 11) is 0. The molecular weight excluding hydrogens is 252 g/mol. The lowest BCUT2D eigenvalue weighted by molar-refractivity contribution is -0.128. The fraction of sp³-hybridized carbons (Fsp3) is 0.562. The molecule has 0 aromatic heterocycles. The van der Waals surface area contributed by atoms with Crippen LogP contribution in [-0.2, 0) is 4.79 Å². The minimum absolute atomic E-state index is 0.00929. The van der Waals surface area contributed by atoms with Crippen LogP contribution in [0, 0.1) is 0 Å². The van der Waals surface area contributed by atoms with Gasteiger partial charge in [-0.25, -0.2) is 0 Å². The molecule has 1 unspecified atom stereocenters. The van der Waals surface area contributed by atoms with Crippen LogP contribution < -0.4 is 10.1 Å². The zero-order valence-electron chi connectivity index (χ0n) is 12.4. The molecule has 0 bridgehead atoms. The van der Waals surface area contributed by atoms with Crippen LogP contribution in [-0.4, -0.2) is 30.5 Å². The number of amides is 1. The number of carbonyl (C=O) groups excluding carboxylic acids is 1. The number of nitrogens with zero attached hydrogens (tertiary/aromatic N) is 1. The van der Waals surface area contributed by atoms with Crippen molar-refractivity contribution in [2.45, 2.75) is 39.3 Å². The predicted molar refractivity (Wildman–Crippen MR) is 79.6 cm³/mol. The fourth-order valence-electron chi connectivity index (χ4n) is 2.54. The van der Waals surface area contributed by atoms with Gasteiger partial charge in [-0.05, 0) is 31.0 Å². The van der Waals surface area contributed by atoms with Crippen molar-refractivity contribution < 1.29 is 9.53 Å². The summed E-state index contributed by atoms with van der Waals surface area (Å²) < 4.78 is 5.45. The van der Waals surface area contributed by atoms with Gasteiger partial charge in [0.1, 0.15) is 11.9 Å². The Balaban J connectivity index is 2.03. The molecule has 4 nitrogen and oxygen atoms in total. The van der Waals surface area contributed by atoms with Gasteiger partial charge in [-0.2, -0.15) is 0 Å². The third-order valence-corrected chi connectivity index (χ3v) is 3.59. The summed E-state index contributed by atoms with van der Waals surface area (Å²) in [4.78, 5) is 13.9. The van der Waals surface area contributed by atoms with Gasteiger partial charge in [0, 0.05) is 6.54 Å². The molecule has 4 heteroatoms. The summed E-state index contributed by atoms with van der Waals surface area (Å²) in [5.41, 5.74) is 1.12. The lowest BCUT2D eigenvalue weighted by Crippen LogP contribution is -2.31. The van der Waals surface area contributed by atoms with E-state index in [4.69, 9.17) is 4.74 Å². The van der Waals surface area contributed by atoms with E-state index in [1.165, 1.54) is 12.8 Å². The lowest BCUT2D eigenvalue weighted by Gasteiger charge is -2.24. The number of hydrogen-bond acceptors (Lipinski definition) is 3. The SMILES string of the molecule is CCCCCN1C(=O)CNC1c1ccc(OCC)cc1. The Kier molecular flexibility index (Phi) is 5.41. The molecule has 1 fully saturated rings. The topological polar surface area (TPSA) is 41.6 Å². The summed E-state index contributed by atoms with van der Waals surface area (Å²) >= 11 is 0. The average molecular weight is 276 g/mol. The van der Waals surface area contributed by atoms with Gasteiger partial charge in [-0.1, -0.05) is 31.9 Å². The van der Waals surface area contributed by atoms with Crippen molar-refractivity contribution in [3.63, 3.8) is 0 Å². The second kappa shape index (κ2) is 7.29. The van der Waals surface area contributed by atoms with E-state index < -0.39 is 0 Å². The first-order chi connectivity index (χ1) is 9.76. The van der Waals surface area contributed by atoms with E-state index in [1.807, 2.05) is 36.1 Å². The molecule has 0 saturated carbocycles. The maximum atomic E-state index is 12.0. The van der Waals surface area contributed by atoms with Crippen molar-refractivity contribution in [1.82, 2.24) is 10.2 Å². The van der Waals surface area contributed by atoms with Crippen LogP contribution in [0.25, 0.3) is 0 Å². The maximum absolute atomic E-state index is 12.0. The van der Waals surface area contributed by atoms with Crippen LogP contribution in [0.5, 0.6) is 5.75 Å². The van der Waals surface area contributed by atoms with E-state index >= 15 is 0 Å². The van der Waals surface area contributed by atoms with Gasteiger partial charge in [0.15, 0.2) is 0 Å². The molecule has 1 aliphatic heterocycles. The van der Waals surface area contributed by atoms with Gasteiger partial charge in [0.25, 0.3) is 0 Å². The molecule has 0 aliphatic carbocycles. The molecular formula is C16H24N2O2. The number of rotatable bonds is 7. The number of nitrogens with one attached hydrogen (secondary N) is 1. The summed E-state index contributed by atoms with van der Waals surface area (Å²) in [6.45, 7) is 6.08. The Labute approximate surface area is 121 Å². The van der Waals surface area contributed by atoms with E-state index in [1.54, 1.807) is 0 Å². The van der Waals surface area contributed by atoms with E-state index in [2.05, 4.69) is 12.2 Å². The summed E-state index contributed by atoms with van der Waals surface area (Å²) in [5.74, 6) is 1.07. The van der Waals surface area contributed by atoms with Crippen molar-refractivity contribution in [3.8, 4) is 5.75 Å².